The molecule has 0 aromatic carbocycles. The maximum atomic E-state index is 5.46. The minimum Gasteiger partial charge on any atom is -0.376 e. The fourth-order valence-electron chi connectivity index (χ4n) is 1.11. The molecule has 0 unspecified atom stereocenters. The van der Waals surface area contributed by atoms with Gasteiger partial charge in [-0.25, -0.2) is 0 Å². The average molecular weight is 160 g/mol. The van der Waals surface area contributed by atoms with E-state index in [1.54, 1.807) is 4.90 Å². The molecule has 1 rings (SSSR count). The first-order valence-electron chi connectivity index (χ1n) is 3.56. The Labute approximate surface area is 66.8 Å². The molecule has 0 bridgehead atoms. The van der Waals surface area contributed by atoms with E-state index in [1.807, 2.05) is 0 Å². The number of nitrogens with two attached hydrogens (primary N) is 1. The molecule has 0 aromatic rings. The molecule has 1 saturated heterocycles. The van der Waals surface area contributed by atoms with Crippen LogP contribution in [0.15, 0.2) is 0 Å². The van der Waals surface area contributed by atoms with Gasteiger partial charge in [0.25, 0.3) is 0 Å². The van der Waals surface area contributed by atoms with Crippen molar-refractivity contribution >= 4 is 17.3 Å². The Morgan fingerprint density at radius 3 is 2.40 bits per heavy atom. The van der Waals surface area contributed by atoms with Crippen molar-refractivity contribution in [2.75, 3.05) is 33.2 Å². The maximum Gasteiger partial charge on any atom is 0.166 e. The molecule has 0 atom stereocenters. The number of quaternary nitrogens is 1. The third-order valence-electron chi connectivity index (χ3n) is 1.93. The second-order valence-corrected chi connectivity index (χ2v) is 3.20. The molecule has 0 amide bonds. The van der Waals surface area contributed by atoms with E-state index in [-0.39, 0.29) is 0 Å². The van der Waals surface area contributed by atoms with Crippen molar-refractivity contribution in [3.8, 4) is 0 Å². The maximum absolute atomic E-state index is 5.46. The van der Waals surface area contributed by atoms with Crippen molar-refractivity contribution in [1.82, 2.24) is 4.90 Å². The number of nitrogens with zero attached hydrogens (tertiary/aromatic N) is 1. The quantitative estimate of drug-likeness (QED) is 0.405. The lowest BCUT2D eigenvalue weighted by Gasteiger charge is -2.30. The molecule has 0 radical (unpaired) electrons. The summed E-state index contributed by atoms with van der Waals surface area (Å²) >= 11 is 4.85. The summed E-state index contributed by atoms with van der Waals surface area (Å²) < 4.78 is 0. The molecule has 0 saturated carbocycles. The highest BCUT2D eigenvalue weighted by Gasteiger charge is 2.16. The van der Waals surface area contributed by atoms with E-state index in [0.717, 1.165) is 26.2 Å². The van der Waals surface area contributed by atoms with E-state index < -0.39 is 0 Å². The summed E-state index contributed by atoms with van der Waals surface area (Å²) in [7, 11) is 2.19. The number of hydrogen-bond acceptors (Lipinski definition) is 1. The number of hydrogen-bond donors (Lipinski definition) is 2. The molecule has 1 heterocycles. The number of piperazine rings is 1. The van der Waals surface area contributed by atoms with Crippen LogP contribution in [0, 0.1) is 0 Å². The Balaban J connectivity index is 2.33. The van der Waals surface area contributed by atoms with Crippen LogP contribution < -0.4 is 10.6 Å². The SMILES string of the molecule is C[NH+]1CCN(C(N)=S)CC1. The fraction of sp³-hybridized carbons (Fsp3) is 0.833. The highest BCUT2D eigenvalue weighted by atomic mass is 32.1. The van der Waals surface area contributed by atoms with Crippen LogP contribution in [0.4, 0.5) is 0 Å². The van der Waals surface area contributed by atoms with E-state index in [2.05, 4.69) is 11.9 Å². The molecular weight excluding hydrogens is 146 g/mol. The van der Waals surface area contributed by atoms with Crippen LogP contribution in [0.3, 0.4) is 0 Å². The van der Waals surface area contributed by atoms with Crippen LogP contribution in [0.1, 0.15) is 0 Å². The van der Waals surface area contributed by atoms with Crippen LogP contribution in [-0.2, 0) is 0 Å². The first kappa shape index (κ1) is 7.75. The van der Waals surface area contributed by atoms with Crippen LogP contribution in [0.2, 0.25) is 0 Å². The highest BCUT2D eigenvalue weighted by molar-refractivity contribution is 7.80. The minimum atomic E-state index is 0.549. The molecule has 0 spiro atoms. The molecule has 1 aliphatic rings. The van der Waals surface area contributed by atoms with Crippen LogP contribution in [-0.4, -0.2) is 43.2 Å². The molecule has 0 aliphatic carbocycles. The molecular formula is C6H14N3S+. The lowest BCUT2D eigenvalue weighted by Crippen LogP contribution is -3.12. The molecule has 1 fully saturated rings. The molecule has 3 nitrogen and oxygen atoms in total. The largest absolute Gasteiger partial charge is 0.376 e. The van der Waals surface area contributed by atoms with Gasteiger partial charge in [-0.2, -0.15) is 0 Å². The molecule has 3 N–H and O–H groups in total. The van der Waals surface area contributed by atoms with Crippen molar-refractivity contribution in [2.45, 2.75) is 0 Å². The van der Waals surface area contributed by atoms with Gasteiger partial charge in [0.2, 0.25) is 0 Å². The van der Waals surface area contributed by atoms with Crippen LogP contribution in [0.25, 0.3) is 0 Å². The summed E-state index contributed by atoms with van der Waals surface area (Å²) in [5, 5.41) is 0.549. The van der Waals surface area contributed by atoms with Gasteiger partial charge in [0, 0.05) is 0 Å². The third kappa shape index (κ3) is 1.82. The summed E-state index contributed by atoms with van der Waals surface area (Å²) in [5.41, 5.74) is 5.46. The van der Waals surface area contributed by atoms with Gasteiger partial charge in [0.05, 0.1) is 33.2 Å². The minimum absolute atomic E-state index is 0.549. The number of rotatable bonds is 0. The van der Waals surface area contributed by atoms with Crippen molar-refractivity contribution in [3.05, 3.63) is 0 Å². The first-order valence-corrected chi connectivity index (χ1v) is 3.96. The second kappa shape index (κ2) is 3.16. The van der Waals surface area contributed by atoms with E-state index >= 15 is 0 Å². The number of thiocarbonyl (C=S) groups is 1. The number of nitrogens with one attached hydrogen (secondary N) is 1. The molecule has 1 aliphatic heterocycles. The molecule has 4 heteroatoms. The van der Waals surface area contributed by atoms with Gasteiger partial charge in [0.15, 0.2) is 5.11 Å². The van der Waals surface area contributed by atoms with E-state index in [9.17, 15) is 0 Å². The van der Waals surface area contributed by atoms with Gasteiger partial charge in [-0.1, -0.05) is 0 Å². The fourth-order valence-corrected chi connectivity index (χ4v) is 1.29. The van der Waals surface area contributed by atoms with E-state index in [0.29, 0.717) is 5.11 Å². The third-order valence-corrected chi connectivity index (χ3v) is 2.19. The van der Waals surface area contributed by atoms with Gasteiger partial charge in [-0.05, 0) is 12.2 Å². The summed E-state index contributed by atoms with van der Waals surface area (Å²) in [6.07, 6.45) is 0. The smallest absolute Gasteiger partial charge is 0.166 e. The standard InChI is InChI=1S/C6H13N3S/c1-8-2-4-9(5-3-8)6(7)10/h2-5H2,1H3,(H2,7,10)/p+1. The Hall–Kier alpha value is -0.350. The van der Waals surface area contributed by atoms with Crippen LogP contribution in [0.5, 0.6) is 0 Å². The lowest BCUT2D eigenvalue weighted by atomic mass is 10.3. The van der Waals surface area contributed by atoms with Crippen molar-refractivity contribution in [3.63, 3.8) is 0 Å². The van der Waals surface area contributed by atoms with Crippen molar-refractivity contribution < 1.29 is 4.90 Å². The Kier molecular flexibility index (Phi) is 2.45. The van der Waals surface area contributed by atoms with Gasteiger partial charge < -0.3 is 15.5 Å². The van der Waals surface area contributed by atoms with Crippen molar-refractivity contribution in [1.29, 1.82) is 0 Å². The van der Waals surface area contributed by atoms with Gasteiger partial charge in [-0.3, -0.25) is 0 Å². The normalized spacial score (nSPS) is 21.1. The predicted octanol–water partition coefficient (Wildman–Crippen LogP) is -1.94. The monoisotopic (exact) mass is 160 g/mol. The highest BCUT2D eigenvalue weighted by Crippen LogP contribution is 1.86. The summed E-state index contributed by atoms with van der Waals surface area (Å²) in [4.78, 5) is 3.62. The second-order valence-electron chi connectivity index (χ2n) is 2.78. The molecule has 0 aromatic heterocycles. The Bertz CT molecular complexity index is 129. The lowest BCUT2D eigenvalue weighted by molar-refractivity contribution is -0.883. The number of likely N-dealkylation sites (N-methyl/N-ethyl adjacent to an activating group) is 1. The summed E-state index contributed by atoms with van der Waals surface area (Å²) in [6.45, 7) is 4.33. The molecule has 10 heavy (non-hydrogen) atoms. The van der Waals surface area contributed by atoms with E-state index in [4.69, 9.17) is 18.0 Å². The Morgan fingerprint density at radius 2 is 2.00 bits per heavy atom. The predicted molar refractivity (Wildman–Crippen MR) is 45.0 cm³/mol. The zero-order valence-corrected chi connectivity index (χ0v) is 7.08. The molecule has 58 valence electrons. The van der Waals surface area contributed by atoms with Gasteiger partial charge >= 0.3 is 0 Å². The van der Waals surface area contributed by atoms with Gasteiger partial charge in [0.1, 0.15) is 0 Å². The van der Waals surface area contributed by atoms with Crippen molar-refractivity contribution in [2.24, 2.45) is 5.73 Å². The topological polar surface area (TPSA) is 33.7 Å². The first-order chi connectivity index (χ1) is 4.70. The van der Waals surface area contributed by atoms with Crippen LogP contribution >= 0.6 is 12.2 Å². The average Bonchev–Trinajstić information content (AvgIpc) is 1.88. The summed E-state index contributed by atoms with van der Waals surface area (Å²) in [6, 6.07) is 0. The van der Waals surface area contributed by atoms with E-state index in [1.165, 1.54) is 0 Å². The Morgan fingerprint density at radius 1 is 1.50 bits per heavy atom. The summed E-state index contributed by atoms with van der Waals surface area (Å²) in [5.74, 6) is 0. The van der Waals surface area contributed by atoms with Gasteiger partial charge in [-0.15, -0.1) is 0 Å². The zero-order chi connectivity index (χ0) is 7.56. The zero-order valence-electron chi connectivity index (χ0n) is 6.26.